The highest BCUT2D eigenvalue weighted by molar-refractivity contribution is 5.80. The number of hydrogen-bond acceptors (Lipinski definition) is 3. The van der Waals surface area contributed by atoms with Crippen LogP contribution >= 0.6 is 0 Å². The van der Waals surface area contributed by atoms with Gasteiger partial charge in [-0.15, -0.1) is 0 Å². The number of hydrogen-bond donors (Lipinski definition) is 1. The molecular formula is C30H48O3. The molecule has 10 unspecified atom stereocenters. The fourth-order valence-corrected chi connectivity index (χ4v) is 11.9. The summed E-state index contributed by atoms with van der Waals surface area (Å²) in [4.78, 5) is 13.7. The number of carbonyl (C=O) groups excluding carboxylic acids is 1. The van der Waals surface area contributed by atoms with Gasteiger partial charge in [0.2, 0.25) is 0 Å². The molecular weight excluding hydrogens is 408 g/mol. The van der Waals surface area contributed by atoms with Gasteiger partial charge in [0, 0.05) is 5.41 Å². The molecule has 33 heavy (non-hydrogen) atoms. The van der Waals surface area contributed by atoms with E-state index >= 15 is 0 Å². The van der Waals surface area contributed by atoms with Gasteiger partial charge in [0.25, 0.3) is 0 Å². The molecule has 0 aromatic heterocycles. The molecule has 186 valence electrons. The van der Waals surface area contributed by atoms with Crippen LogP contribution in [-0.4, -0.2) is 23.3 Å². The summed E-state index contributed by atoms with van der Waals surface area (Å²) in [6.07, 6.45) is 11.6. The molecule has 10 atom stereocenters. The molecule has 7 rings (SSSR count). The molecule has 1 spiro atoms. The molecule has 3 heteroatoms. The van der Waals surface area contributed by atoms with Crippen LogP contribution in [0.3, 0.4) is 0 Å². The molecule has 2 saturated heterocycles. The summed E-state index contributed by atoms with van der Waals surface area (Å²) in [5.41, 5.74) is 0.512. The van der Waals surface area contributed by atoms with Gasteiger partial charge in [-0.25, -0.2) is 0 Å². The summed E-state index contributed by atoms with van der Waals surface area (Å²) in [5, 5.41) is 11.4. The Morgan fingerprint density at radius 1 is 0.727 bits per heavy atom. The molecule has 5 saturated carbocycles. The number of ether oxygens (including phenoxy) is 1. The Morgan fingerprint density at radius 3 is 2.06 bits per heavy atom. The van der Waals surface area contributed by atoms with E-state index in [1.165, 1.54) is 38.5 Å². The van der Waals surface area contributed by atoms with Crippen molar-refractivity contribution in [2.75, 3.05) is 0 Å². The van der Waals surface area contributed by atoms with Crippen molar-refractivity contribution in [3.8, 4) is 0 Å². The first-order chi connectivity index (χ1) is 15.3. The molecule has 2 aliphatic heterocycles. The third kappa shape index (κ3) is 2.40. The maximum atomic E-state index is 13.7. The minimum Gasteiger partial charge on any atom is -0.461 e. The Kier molecular flexibility index (Phi) is 4.44. The Morgan fingerprint density at radius 2 is 1.36 bits per heavy atom. The second kappa shape index (κ2) is 6.40. The smallest absolute Gasteiger partial charge is 0.312 e. The zero-order chi connectivity index (χ0) is 23.8. The molecule has 3 nitrogen and oxygen atoms in total. The first-order valence-electron chi connectivity index (χ1n) is 14.1. The molecule has 0 aromatic rings. The number of aliphatic hydroxyl groups is 1. The van der Waals surface area contributed by atoms with Crippen molar-refractivity contribution < 1.29 is 14.6 Å². The van der Waals surface area contributed by atoms with Crippen molar-refractivity contribution in [3.63, 3.8) is 0 Å². The average Bonchev–Trinajstić information content (AvgIpc) is 2.73. The summed E-state index contributed by atoms with van der Waals surface area (Å²) in [6.45, 7) is 17.1. The fourth-order valence-electron chi connectivity index (χ4n) is 11.9. The predicted octanol–water partition coefficient (Wildman–Crippen LogP) is 6.76. The lowest BCUT2D eigenvalue weighted by molar-refractivity contribution is -0.293. The van der Waals surface area contributed by atoms with Crippen molar-refractivity contribution in [3.05, 3.63) is 0 Å². The van der Waals surface area contributed by atoms with Crippen molar-refractivity contribution in [1.29, 1.82) is 0 Å². The molecule has 0 aromatic carbocycles. The lowest BCUT2D eigenvalue weighted by atomic mass is 9.30. The van der Waals surface area contributed by atoms with E-state index < -0.39 is 0 Å². The van der Waals surface area contributed by atoms with Crippen LogP contribution in [0.1, 0.15) is 113 Å². The van der Waals surface area contributed by atoms with Gasteiger partial charge in [0.1, 0.15) is 6.10 Å². The van der Waals surface area contributed by atoms with Crippen LogP contribution in [0.15, 0.2) is 0 Å². The Labute approximate surface area is 201 Å². The molecule has 2 bridgehead atoms. The van der Waals surface area contributed by atoms with E-state index in [2.05, 4.69) is 48.5 Å². The Balaban J connectivity index is 1.42. The third-order valence-corrected chi connectivity index (χ3v) is 14.1. The van der Waals surface area contributed by atoms with Crippen molar-refractivity contribution in [2.24, 2.45) is 56.2 Å². The van der Waals surface area contributed by atoms with Crippen molar-refractivity contribution >= 4 is 5.97 Å². The molecule has 2 heterocycles. The van der Waals surface area contributed by atoms with Gasteiger partial charge in [0.15, 0.2) is 0 Å². The van der Waals surface area contributed by atoms with Crippen LogP contribution in [-0.2, 0) is 9.53 Å². The maximum absolute atomic E-state index is 13.7. The molecule has 7 aliphatic rings. The van der Waals surface area contributed by atoms with Crippen LogP contribution in [0.2, 0.25) is 0 Å². The summed E-state index contributed by atoms with van der Waals surface area (Å²) in [7, 11) is 0. The van der Waals surface area contributed by atoms with E-state index in [-0.39, 0.29) is 50.7 Å². The lowest BCUT2D eigenvalue weighted by Crippen LogP contribution is -2.73. The van der Waals surface area contributed by atoms with E-state index in [0.717, 1.165) is 25.7 Å². The largest absolute Gasteiger partial charge is 0.461 e. The minimum atomic E-state index is -0.259. The molecule has 1 N–H and O–H groups in total. The van der Waals surface area contributed by atoms with Gasteiger partial charge >= 0.3 is 5.97 Å². The Hall–Kier alpha value is -0.570. The molecule has 0 amide bonds. The summed E-state index contributed by atoms with van der Waals surface area (Å²) >= 11 is 0. The lowest BCUT2D eigenvalue weighted by Gasteiger charge is -2.75. The zero-order valence-electron chi connectivity index (χ0n) is 22.3. The quantitative estimate of drug-likeness (QED) is 0.409. The van der Waals surface area contributed by atoms with Crippen LogP contribution < -0.4 is 0 Å². The molecule has 5 aliphatic carbocycles. The number of fused-ring (bicyclic) bond motifs is 7. The molecule has 7 fully saturated rings. The number of aliphatic hydroxyl groups excluding tert-OH is 1. The number of esters is 1. The standard InChI is InChI=1S/C30H48O3/c1-25(2)16-17-27(5)18(23(25)31)10-13-28(6)20(27)8-9-21-29(28,7)14-11-19-26(3,4)22-12-15-30(19,21)24(32)33-22/h18-23,31H,8-17H2,1-7H3. The summed E-state index contributed by atoms with van der Waals surface area (Å²) in [5.74, 6) is 2.15. The third-order valence-electron chi connectivity index (χ3n) is 14.1. The highest BCUT2D eigenvalue weighted by Crippen LogP contribution is 2.78. The van der Waals surface area contributed by atoms with Gasteiger partial charge < -0.3 is 9.84 Å². The second-order valence-corrected chi connectivity index (χ2v) is 15.5. The van der Waals surface area contributed by atoms with E-state index in [1.807, 2.05) is 0 Å². The number of rotatable bonds is 0. The highest BCUT2D eigenvalue weighted by Gasteiger charge is 2.75. The van der Waals surface area contributed by atoms with Crippen LogP contribution in [0.4, 0.5) is 0 Å². The van der Waals surface area contributed by atoms with Gasteiger partial charge in [-0.05, 0) is 110 Å². The van der Waals surface area contributed by atoms with Gasteiger partial charge in [-0.1, -0.05) is 48.5 Å². The topological polar surface area (TPSA) is 46.5 Å². The van der Waals surface area contributed by atoms with E-state index in [1.54, 1.807) is 0 Å². The van der Waals surface area contributed by atoms with E-state index in [9.17, 15) is 9.90 Å². The molecule has 0 radical (unpaired) electrons. The SMILES string of the molecule is CC1(C)CCC2(C)C(CCC3(C)C2CCC2C45CCC(OC4=O)C(C)(C)C5CCC23C)C1O. The maximum Gasteiger partial charge on any atom is 0.312 e. The first-order valence-corrected chi connectivity index (χ1v) is 14.1. The average molecular weight is 457 g/mol. The van der Waals surface area contributed by atoms with E-state index in [4.69, 9.17) is 4.74 Å². The van der Waals surface area contributed by atoms with Crippen molar-refractivity contribution in [1.82, 2.24) is 0 Å². The van der Waals surface area contributed by atoms with Gasteiger partial charge in [0.05, 0.1) is 11.5 Å². The first kappa shape index (κ1) is 22.9. The minimum absolute atomic E-state index is 0.0339. The monoisotopic (exact) mass is 456 g/mol. The van der Waals surface area contributed by atoms with Crippen LogP contribution in [0.5, 0.6) is 0 Å². The normalized spacial score (nSPS) is 58.4. The van der Waals surface area contributed by atoms with Gasteiger partial charge in [-0.3, -0.25) is 4.79 Å². The second-order valence-electron chi connectivity index (χ2n) is 15.5. The predicted molar refractivity (Wildman–Crippen MR) is 130 cm³/mol. The van der Waals surface area contributed by atoms with Gasteiger partial charge in [-0.2, -0.15) is 0 Å². The van der Waals surface area contributed by atoms with E-state index in [0.29, 0.717) is 23.7 Å². The summed E-state index contributed by atoms with van der Waals surface area (Å²) in [6, 6.07) is 0. The zero-order valence-corrected chi connectivity index (χ0v) is 22.3. The Bertz CT molecular complexity index is 876. The fraction of sp³-hybridized carbons (Fsp3) is 0.967. The number of carbonyl (C=O) groups is 1. The highest BCUT2D eigenvalue weighted by atomic mass is 16.5. The van der Waals surface area contributed by atoms with Crippen LogP contribution in [0, 0.1) is 56.2 Å². The van der Waals surface area contributed by atoms with Crippen molar-refractivity contribution in [2.45, 2.75) is 125 Å². The summed E-state index contributed by atoms with van der Waals surface area (Å²) < 4.78 is 6.19. The van der Waals surface area contributed by atoms with Crippen LogP contribution in [0.25, 0.3) is 0 Å².